The fraction of sp³-hybridized carbons (Fsp3) is 0.481. The number of nitrogens with zero attached hydrogens (tertiary/aromatic N) is 2. The van der Waals surface area contributed by atoms with Crippen molar-refractivity contribution < 1.29 is 14.3 Å². The highest BCUT2D eigenvalue weighted by molar-refractivity contribution is 6.30. The zero-order chi connectivity index (χ0) is 23.5. The summed E-state index contributed by atoms with van der Waals surface area (Å²) in [5.41, 5.74) is 1.93. The smallest absolute Gasteiger partial charge is 0.260 e. The van der Waals surface area contributed by atoms with Gasteiger partial charge >= 0.3 is 0 Å². The van der Waals surface area contributed by atoms with Crippen LogP contribution in [0.5, 0.6) is 5.75 Å². The van der Waals surface area contributed by atoms with Crippen LogP contribution in [0, 0.1) is 0 Å². The first-order chi connectivity index (χ1) is 16.0. The molecule has 178 valence electrons. The van der Waals surface area contributed by atoms with Gasteiger partial charge < -0.3 is 9.64 Å². The van der Waals surface area contributed by atoms with Gasteiger partial charge in [-0.05, 0) is 48.4 Å². The predicted octanol–water partition coefficient (Wildman–Crippen LogP) is 5.61. The van der Waals surface area contributed by atoms with Crippen molar-refractivity contribution in [1.29, 1.82) is 0 Å². The summed E-state index contributed by atoms with van der Waals surface area (Å²) in [5.74, 6) is 0.781. The number of halogens is 1. The molecule has 1 aliphatic rings. The van der Waals surface area contributed by atoms with E-state index in [1.807, 2.05) is 29.2 Å². The molecule has 0 atom stereocenters. The number of hydrogen-bond donors (Lipinski definition) is 0. The Morgan fingerprint density at radius 3 is 2.21 bits per heavy atom. The second-order valence-corrected chi connectivity index (χ2v) is 9.12. The van der Waals surface area contributed by atoms with E-state index in [0.29, 0.717) is 30.8 Å². The second kappa shape index (κ2) is 13.4. The molecule has 1 saturated heterocycles. The van der Waals surface area contributed by atoms with Gasteiger partial charge in [0.1, 0.15) is 5.75 Å². The maximum absolute atomic E-state index is 12.6. The van der Waals surface area contributed by atoms with E-state index in [4.69, 9.17) is 16.3 Å². The molecule has 1 heterocycles. The summed E-state index contributed by atoms with van der Waals surface area (Å²) >= 11 is 5.95. The zero-order valence-corrected chi connectivity index (χ0v) is 20.4. The van der Waals surface area contributed by atoms with E-state index in [1.54, 1.807) is 24.3 Å². The van der Waals surface area contributed by atoms with Gasteiger partial charge in [-0.3, -0.25) is 14.5 Å². The van der Waals surface area contributed by atoms with Gasteiger partial charge in [-0.25, -0.2) is 0 Å². The van der Waals surface area contributed by atoms with Crippen LogP contribution >= 0.6 is 11.6 Å². The molecule has 1 fully saturated rings. The Morgan fingerprint density at radius 2 is 1.55 bits per heavy atom. The summed E-state index contributed by atoms with van der Waals surface area (Å²) in [4.78, 5) is 29.1. The minimum absolute atomic E-state index is 0.00613. The number of carbonyl (C=O) groups excluding carboxylic acids is 2. The van der Waals surface area contributed by atoms with Crippen LogP contribution in [0.3, 0.4) is 0 Å². The van der Waals surface area contributed by atoms with E-state index in [0.717, 1.165) is 37.5 Å². The fourth-order valence-electron chi connectivity index (χ4n) is 4.01. The van der Waals surface area contributed by atoms with Crippen molar-refractivity contribution in [3.8, 4) is 5.75 Å². The summed E-state index contributed by atoms with van der Waals surface area (Å²) in [6.07, 6.45) is 6.28. The molecule has 5 nitrogen and oxygen atoms in total. The first-order valence-electron chi connectivity index (χ1n) is 12.1. The third-order valence-electron chi connectivity index (χ3n) is 6.09. The summed E-state index contributed by atoms with van der Waals surface area (Å²) in [5, 5.41) is 0.744. The molecule has 2 aromatic carbocycles. The second-order valence-electron chi connectivity index (χ2n) is 8.68. The topological polar surface area (TPSA) is 49.9 Å². The Hall–Kier alpha value is -2.37. The van der Waals surface area contributed by atoms with E-state index in [9.17, 15) is 9.59 Å². The fourth-order valence-corrected chi connectivity index (χ4v) is 4.14. The van der Waals surface area contributed by atoms with Gasteiger partial charge in [0.15, 0.2) is 12.4 Å². The average Bonchev–Trinajstić information content (AvgIpc) is 2.84. The molecular formula is C27H35ClN2O3. The summed E-state index contributed by atoms with van der Waals surface area (Å²) < 4.78 is 5.69. The zero-order valence-electron chi connectivity index (χ0n) is 19.6. The van der Waals surface area contributed by atoms with Crippen molar-refractivity contribution >= 4 is 23.3 Å². The van der Waals surface area contributed by atoms with Crippen molar-refractivity contribution in [1.82, 2.24) is 9.80 Å². The minimum atomic E-state index is -0.00613. The lowest BCUT2D eigenvalue weighted by molar-refractivity contribution is -0.135. The molecule has 0 aliphatic carbocycles. The number of ether oxygens (including phenoxy) is 1. The molecule has 0 radical (unpaired) electrons. The summed E-state index contributed by atoms with van der Waals surface area (Å²) in [6.45, 7) is 6.13. The molecule has 0 aromatic heterocycles. The number of carbonyl (C=O) groups is 2. The number of piperazine rings is 1. The number of rotatable bonds is 12. The largest absolute Gasteiger partial charge is 0.484 e. The summed E-state index contributed by atoms with van der Waals surface area (Å²) in [6, 6.07) is 15.0. The van der Waals surface area contributed by atoms with Crippen LogP contribution in [0.15, 0.2) is 48.5 Å². The van der Waals surface area contributed by atoms with E-state index in [1.165, 1.54) is 24.8 Å². The van der Waals surface area contributed by atoms with E-state index < -0.39 is 0 Å². The lowest BCUT2D eigenvalue weighted by atomic mass is 10.0. The molecule has 0 spiro atoms. The van der Waals surface area contributed by atoms with Gasteiger partial charge in [-0.15, -0.1) is 0 Å². The molecule has 6 heteroatoms. The molecule has 0 unspecified atom stereocenters. The predicted molar refractivity (Wildman–Crippen MR) is 133 cm³/mol. The van der Waals surface area contributed by atoms with Crippen LogP contribution in [0.1, 0.15) is 61.4 Å². The third kappa shape index (κ3) is 8.49. The molecule has 1 aliphatic heterocycles. The average molecular weight is 471 g/mol. The monoisotopic (exact) mass is 470 g/mol. The Balaban J connectivity index is 1.35. The number of hydrogen-bond acceptors (Lipinski definition) is 4. The molecule has 1 amide bonds. The molecule has 0 N–H and O–H groups in total. The molecule has 33 heavy (non-hydrogen) atoms. The van der Waals surface area contributed by atoms with E-state index in [2.05, 4.69) is 11.8 Å². The minimum Gasteiger partial charge on any atom is -0.484 e. The van der Waals surface area contributed by atoms with Crippen LogP contribution < -0.4 is 4.74 Å². The highest BCUT2D eigenvalue weighted by Crippen LogP contribution is 2.16. The van der Waals surface area contributed by atoms with Crippen LogP contribution in [-0.2, 0) is 11.3 Å². The van der Waals surface area contributed by atoms with Gasteiger partial charge in [-0.1, -0.05) is 56.3 Å². The highest BCUT2D eigenvalue weighted by atomic mass is 35.5. The quantitative estimate of drug-likeness (QED) is 0.299. The Kier molecular flexibility index (Phi) is 10.2. The van der Waals surface area contributed by atoms with Crippen molar-refractivity contribution in [3.05, 3.63) is 64.7 Å². The number of Topliss-reactive ketones (excluding diaryl/α,β-unsaturated/α-hetero) is 1. The van der Waals surface area contributed by atoms with Crippen molar-refractivity contribution in [2.24, 2.45) is 0 Å². The standard InChI is InChI=1S/C27H35ClN2O3/c1-2-3-4-5-6-7-26(31)23-10-14-25(15-11-23)33-21-27(32)30-18-16-29(17-19-30)20-22-8-12-24(28)13-9-22/h8-15H,2-7,16-21H2,1H3. The Labute approximate surface area is 202 Å². The maximum atomic E-state index is 12.6. The summed E-state index contributed by atoms with van der Waals surface area (Å²) in [7, 11) is 0. The van der Waals surface area contributed by atoms with Gasteiger partial charge in [-0.2, -0.15) is 0 Å². The molecule has 0 saturated carbocycles. The molecule has 2 aromatic rings. The van der Waals surface area contributed by atoms with Gasteiger partial charge in [0.25, 0.3) is 5.91 Å². The Bertz CT molecular complexity index is 875. The van der Waals surface area contributed by atoms with Crippen molar-refractivity contribution in [2.45, 2.75) is 52.0 Å². The molecule has 3 rings (SSSR count). The lowest BCUT2D eigenvalue weighted by Gasteiger charge is -2.34. The van der Waals surface area contributed by atoms with Crippen LogP contribution in [0.25, 0.3) is 0 Å². The van der Waals surface area contributed by atoms with E-state index in [-0.39, 0.29) is 18.3 Å². The number of benzene rings is 2. The van der Waals surface area contributed by atoms with Gasteiger partial charge in [0.2, 0.25) is 0 Å². The molecular weight excluding hydrogens is 436 g/mol. The van der Waals surface area contributed by atoms with E-state index >= 15 is 0 Å². The number of unbranched alkanes of at least 4 members (excludes halogenated alkanes) is 4. The number of ketones is 1. The van der Waals surface area contributed by atoms with Crippen molar-refractivity contribution in [2.75, 3.05) is 32.8 Å². The highest BCUT2D eigenvalue weighted by Gasteiger charge is 2.21. The van der Waals surface area contributed by atoms with Crippen LogP contribution in [0.4, 0.5) is 0 Å². The SMILES string of the molecule is CCCCCCCC(=O)c1ccc(OCC(=O)N2CCN(Cc3ccc(Cl)cc3)CC2)cc1. The van der Waals surface area contributed by atoms with Gasteiger partial charge in [0, 0.05) is 49.7 Å². The van der Waals surface area contributed by atoms with Gasteiger partial charge in [0.05, 0.1) is 0 Å². The normalized spacial score (nSPS) is 14.3. The first kappa shape index (κ1) is 25.3. The lowest BCUT2D eigenvalue weighted by Crippen LogP contribution is -2.49. The number of amides is 1. The van der Waals surface area contributed by atoms with Crippen molar-refractivity contribution in [3.63, 3.8) is 0 Å². The maximum Gasteiger partial charge on any atom is 0.260 e. The van der Waals surface area contributed by atoms with Crippen LogP contribution in [-0.4, -0.2) is 54.3 Å². The Morgan fingerprint density at radius 1 is 0.879 bits per heavy atom. The first-order valence-corrected chi connectivity index (χ1v) is 12.4. The third-order valence-corrected chi connectivity index (χ3v) is 6.34. The van der Waals surface area contributed by atoms with Crippen LogP contribution in [0.2, 0.25) is 5.02 Å². The molecule has 0 bridgehead atoms.